The first-order valence-corrected chi connectivity index (χ1v) is 7.51. The van der Waals surface area contributed by atoms with Crippen LogP contribution < -0.4 is 5.32 Å². The average Bonchev–Trinajstić information content (AvgIpc) is 2.41. The topological polar surface area (TPSA) is 12.0 Å². The van der Waals surface area contributed by atoms with Gasteiger partial charge in [0.25, 0.3) is 0 Å². The Balaban J connectivity index is 1.84. The lowest BCUT2D eigenvalue weighted by molar-refractivity contribution is 0.258. The van der Waals surface area contributed by atoms with Gasteiger partial charge in [0.15, 0.2) is 0 Å². The minimum absolute atomic E-state index is 0.531. The van der Waals surface area contributed by atoms with Gasteiger partial charge in [-0.2, -0.15) is 0 Å². The fourth-order valence-corrected chi connectivity index (χ4v) is 3.39. The first-order chi connectivity index (χ1) is 8.79. The Kier molecular flexibility index (Phi) is 5.25. The first-order valence-electron chi connectivity index (χ1n) is 7.51. The summed E-state index contributed by atoms with van der Waals surface area (Å²) in [6, 6.07) is 11.4. The van der Waals surface area contributed by atoms with Gasteiger partial charge in [-0.15, -0.1) is 0 Å². The molecule has 0 heterocycles. The molecule has 0 aromatic heterocycles. The molecule has 1 nitrogen and oxygen atoms in total. The second kappa shape index (κ2) is 6.94. The molecule has 0 spiro atoms. The summed E-state index contributed by atoms with van der Waals surface area (Å²) in [6.45, 7) is 2.42. The van der Waals surface area contributed by atoms with E-state index in [2.05, 4.69) is 49.6 Å². The van der Waals surface area contributed by atoms with Crippen LogP contribution in [0.1, 0.15) is 57.1 Å². The van der Waals surface area contributed by atoms with Crippen LogP contribution >= 0.6 is 0 Å². The van der Waals surface area contributed by atoms with E-state index in [0.717, 1.165) is 11.8 Å². The molecule has 3 unspecified atom stereocenters. The van der Waals surface area contributed by atoms with Crippen LogP contribution in [-0.4, -0.2) is 7.05 Å². The van der Waals surface area contributed by atoms with Crippen LogP contribution in [0.2, 0.25) is 0 Å². The maximum atomic E-state index is 3.47. The molecule has 1 aliphatic rings. The number of hydrogen-bond donors (Lipinski definition) is 1. The van der Waals surface area contributed by atoms with Crippen molar-refractivity contribution < 1.29 is 0 Å². The van der Waals surface area contributed by atoms with Crippen LogP contribution in [-0.2, 0) is 0 Å². The van der Waals surface area contributed by atoms with Crippen molar-refractivity contribution in [1.82, 2.24) is 5.32 Å². The van der Waals surface area contributed by atoms with Crippen LogP contribution in [0.4, 0.5) is 0 Å². The molecule has 1 N–H and O–H groups in total. The minimum atomic E-state index is 0.531. The molecule has 0 radical (unpaired) electrons. The maximum absolute atomic E-state index is 3.47. The zero-order chi connectivity index (χ0) is 12.8. The molecule has 3 atom stereocenters. The average molecular weight is 245 g/mol. The van der Waals surface area contributed by atoms with Crippen LogP contribution in [0.5, 0.6) is 0 Å². The summed E-state index contributed by atoms with van der Waals surface area (Å²) in [5.74, 6) is 1.92. The highest BCUT2D eigenvalue weighted by molar-refractivity contribution is 5.18. The monoisotopic (exact) mass is 245 g/mol. The summed E-state index contributed by atoms with van der Waals surface area (Å²) >= 11 is 0. The van der Waals surface area contributed by atoms with Gasteiger partial charge in [-0.1, -0.05) is 56.5 Å². The van der Waals surface area contributed by atoms with Crippen molar-refractivity contribution in [3.8, 4) is 0 Å². The second-order valence-electron chi connectivity index (χ2n) is 5.97. The fraction of sp³-hybridized carbons (Fsp3) is 0.647. The third kappa shape index (κ3) is 3.84. The summed E-state index contributed by atoms with van der Waals surface area (Å²) in [4.78, 5) is 0. The molecular formula is C17H27N. The smallest absolute Gasteiger partial charge is 0.0317 e. The number of rotatable bonds is 5. The standard InChI is InChI=1S/C17H27N/c1-14-7-6-8-15(13-14)11-12-17(18-2)16-9-4-3-5-10-16/h3-5,9-10,14-15,17-18H,6-8,11-13H2,1-2H3. The molecular weight excluding hydrogens is 218 g/mol. The molecule has 2 rings (SSSR count). The maximum Gasteiger partial charge on any atom is 0.0317 e. The van der Waals surface area contributed by atoms with E-state index in [1.807, 2.05) is 0 Å². The quantitative estimate of drug-likeness (QED) is 0.802. The highest BCUT2D eigenvalue weighted by Gasteiger charge is 2.20. The summed E-state index contributed by atoms with van der Waals surface area (Å²) in [6.07, 6.45) is 8.45. The molecule has 1 fully saturated rings. The zero-order valence-electron chi connectivity index (χ0n) is 11.9. The number of nitrogens with one attached hydrogen (secondary N) is 1. The molecule has 1 aliphatic carbocycles. The molecule has 1 aromatic carbocycles. The molecule has 1 heteroatoms. The van der Waals surface area contributed by atoms with E-state index in [1.165, 1.54) is 44.1 Å². The van der Waals surface area contributed by atoms with Gasteiger partial charge in [0.05, 0.1) is 0 Å². The fourth-order valence-electron chi connectivity index (χ4n) is 3.39. The van der Waals surface area contributed by atoms with Crippen molar-refractivity contribution in [2.75, 3.05) is 7.05 Å². The predicted molar refractivity (Wildman–Crippen MR) is 78.6 cm³/mol. The molecule has 1 saturated carbocycles. The Morgan fingerprint density at radius 1 is 1.22 bits per heavy atom. The summed E-state index contributed by atoms with van der Waals surface area (Å²) in [7, 11) is 2.08. The van der Waals surface area contributed by atoms with Crippen molar-refractivity contribution in [3.05, 3.63) is 35.9 Å². The Labute approximate surface area is 112 Å². The number of hydrogen-bond acceptors (Lipinski definition) is 1. The number of benzene rings is 1. The van der Waals surface area contributed by atoms with Crippen molar-refractivity contribution in [3.63, 3.8) is 0 Å². The molecule has 0 aliphatic heterocycles. The van der Waals surface area contributed by atoms with Crippen LogP contribution in [0.15, 0.2) is 30.3 Å². The first kappa shape index (κ1) is 13.6. The van der Waals surface area contributed by atoms with E-state index in [9.17, 15) is 0 Å². The van der Waals surface area contributed by atoms with Gasteiger partial charge in [-0.3, -0.25) is 0 Å². The molecule has 100 valence electrons. The SMILES string of the molecule is CNC(CCC1CCCC(C)C1)c1ccccc1. The van der Waals surface area contributed by atoms with Crippen LogP contribution in [0, 0.1) is 11.8 Å². The Morgan fingerprint density at radius 3 is 2.67 bits per heavy atom. The van der Waals surface area contributed by atoms with Crippen LogP contribution in [0.3, 0.4) is 0 Å². The Bertz CT molecular complexity index is 333. The highest BCUT2D eigenvalue weighted by atomic mass is 14.9. The lowest BCUT2D eigenvalue weighted by atomic mass is 9.79. The molecule has 1 aromatic rings. The zero-order valence-corrected chi connectivity index (χ0v) is 11.9. The van der Waals surface area contributed by atoms with Gasteiger partial charge in [0.2, 0.25) is 0 Å². The van der Waals surface area contributed by atoms with Crippen molar-refractivity contribution in [2.24, 2.45) is 11.8 Å². The minimum Gasteiger partial charge on any atom is -0.313 e. The Hall–Kier alpha value is -0.820. The van der Waals surface area contributed by atoms with Crippen molar-refractivity contribution >= 4 is 0 Å². The van der Waals surface area contributed by atoms with Crippen LogP contribution in [0.25, 0.3) is 0 Å². The molecule has 0 amide bonds. The normalized spacial score (nSPS) is 25.9. The van der Waals surface area contributed by atoms with Gasteiger partial charge in [0.1, 0.15) is 0 Å². The lowest BCUT2D eigenvalue weighted by Gasteiger charge is -2.28. The van der Waals surface area contributed by atoms with E-state index >= 15 is 0 Å². The summed E-state index contributed by atoms with van der Waals surface area (Å²) in [5, 5.41) is 3.47. The van der Waals surface area contributed by atoms with E-state index in [4.69, 9.17) is 0 Å². The molecule has 0 bridgehead atoms. The van der Waals surface area contributed by atoms with Gasteiger partial charge >= 0.3 is 0 Å². The third-order valence-electron chi connectivity index (χ3n) is 4.46. The van der Waals surface area contributed by atoms with Gasteiger partial charge in [-0.05, 0) is 43.7 Å². The second-order valence-corrected chi connectivity index (χ2v) is 5.97. The van der Waals surface area contributed by atoms with Gasteiger partial charge < -0.3 is 5.32 Å². The van der Waals surface area contributed by atoms with Crippen molar-refractivity contribution in [2.45, 2.75) is 51.5 Å². The largest absolute Gasteiger partial charge is 0.313 e. The van der Waals surface area contributed by atoms with Gasteiger partial charge in [-0.25, -0.2) is 0 Å². The van der Waals surface area contributed by atoms with Gasteiger partial charge in [0, 0.05) is 6.04 Å². The Morgan fingerprint density at radius 2 is 2.00 bits per heavy atom. The van der Waals surface area contributed by atoms with E-state index in [1.54, 1.807) is 0 Å². The highest BCUT2D eigenvalue weighted by Crippen LogP contribution is 2.33. The molecule has 0 saturated heterocycles. The van der Waals surface area contributed by atoms with E-state index < -0.39 is 0 Å². The van der Waals surface area contributed by atoms with E-state index in [0.29, 0.717) is 6.04 Å². The lowest BCUT2D eigenvalue weighted by Crippen LogP contribution is -2.19. The predicted octanol–water partition coefficient (Wildman–Crippen LogP) is 4.55. The van der Waals surface area contributed by atoms with E-state index in [-0.39, 0.29) is 0 Å². The summed E-state index contributed by atoms with van der Waals surface area (Å²) < 4.78 is 0. The summed E-state index contributed by atoms with van der Waals surface area (Å²) in [5.41, 5.74) is 1.43. The van der Waals surface area contributed by atoms with Crippen molar-refractivity contribution in [1.29, 1.82) is 0 Å². The molecule has 18 heavy (non-hydrogen) atoms. The third-order valence-corrected chi connectivity index (χ3v) is 4.46.